The number of ether oxygens (including phenoxy) is 1. The Morgan fingerprint density at radius 3 is 2.39 bits per heavy atom. The zero-order valence-electron chi connectivity index (χ0n) is 14.6. The van der Waals surface area contributed by atoms with Crippen LogP contribution in [0, 0.1) is 19.8 Å². The number of hydrogen-bond donors (Lipinski definition) is 2. The molecule has 0 spiro atoms. The van der Waals surface area contributed by atoms with E-state index in [2.05, 4.69) is 5.32 Å². The van der Waals surface area contributed by atoms with E-state index in [-0.39, 0.29) is 5.92 Å². The molecule has 1 amide bonds. The number of carbonyl (C=O) groups excluding carboxylic acids is 2. The molecule has 1 aromatic rings. The van der Waals surface area contributed by atoms with E-state index < -0.39 is 24.0 Å². The van der Waals surface area contributed by atoms with E-state index in [1.807, 2.05) is 45.9 Å². The summed E-state index contributed by atoms with van der Waals surface area (Å²) in [7, 11) is 1.28. The van der Waals surface area contributed by atoms with E-state index in [0.29, 0.717) is 12.8 Å². The maximum absolute atomic E-state index is 12.1. The molecule has 0 fully saturated rings. The number of nitrogens with one attached hydrogen (secondary N) is 1. The average Bonchev–Trinajstić information content (AvgIpc) is 2.48. The summed E-state index contributed by atoms with van der Waals surface area (Å²) in [4.78, 5) is 24.0. The molecular formula is C18H27NO4. The lowest BCUT2D eigenvalue weighted by molar-refractivity contribution is -0.146. The molecule has 0 unspecified atom stereocenters. The second-order valence-corrected chi connectivity index (χ2v) is 6.35. The monoisotopic (exact) mass is 321 g/mol. The van der Waals surface area contributed by atoms with Crippen LogP contribution in [0.15, 0.2) is 18.2 Å². The summed E-state index contributed by atoms with van der Waals surface area (Å²) in [6.45, 7) is 7.85. The molecule has 0 heterocycles. The van der Waals surface area contributed by atoms with Crippen LogP contribution in [0.1, 0.15) is 37.0 Å². The summed E-state index contributed by atoms with van der Waals surface area (Å²) in [5, 5.41) is 12.5. The van der Waals surface area contributed by atoms with Crippen molar-refractivity contribution in [2.45, 2.75) is 52.7 Å². The third-order valence-electron chi connectivity index (χ3n) is 3.81. The Bertz CT molecular complexity index is 554. The van der Waals surface area contributed by atoms with E-state index >= 15 is 0 Å². The number of methoxy groups -OCH3 is 1. The maximum atomic E-state index is 12.1. The largest absolute Gasteiger partial charge is 0.467 e. The Kier molecular flexibility index (Phi) is 7.23. The molecular weight excluding hydrogens is 294 g/mol. The van der Waals surface area contributed by atoms with Crippen molar-refractivity contribution in [2.75, 3.05) is 7.11 Å². The van der Waals surface area contributed by atoms with Crippen LogP contribution in [0.4, 0.5) is 0 Å². The standard InChI is InChI=1S/C18H27NO4/c1-11(2)8-16(20)17(21)19-15(18(22)23-5)10-14-7-6-12(3)13(4)9-14/h6-7,9,11,15-16,20H,8,10H2,1-5H3,(H,19,21)/t15-,16+/m0/s1. The minimum Gasteiger partial charge on any atom is -0.467 e. The highest BCUT2D eigenvalue weighted by molar-refractivity contribution is 5.87. The number of rotatable bonds is 7. The Labute approximate surface area is 138 Å². The van der Waals surface area contributed by atoms with E-state index in [1.165, 1.54) is 12.7 Å². The van der Waals surface area contributed by atoms with E-state index in [0.717, 1.165) is 11.1 Å². The number of amides is 1. The summed E-state index contributed by atoms with van der Waals surface area (Å²) < 4.78 is 4.76. The molecule has 0 aliphatic heterocycles. The Morgan fingerprint density at radius 2 is 1.87 bits per heavy atom. The van der Waals surface area contributed by atoms with Crippen LogP contribution < -0.4 is 5.32 Å². The number of benzene rings is 1. The molecule has 2 atom stereocenters. The first-order valence-corrected chi connectivity index (χ1v) is 7.87. The van der Waals surface area contributed by atoms with E-state index in [4.69, 9.17) is 4.74 Å². The van der Waals surface area contributed by atoms with Gasteiger partial charge < -0.3 is 15.2 Å². The van der Waals surface area contributed by atoms with Crippen LogP contribution in [0.3, 0.4) is 0 Å². The van der Waals surface area contributed by atoms with Crippen molar-refractivity contribution in [1.29, 1.82) is 0 Å². The van der Waals surface area contributed by atoms with Gasteiger partial charge in [0.25, 0.3) is 0 Å². The highest BCUT2D eigenvalue weighted by Crippen LogP contribution is 2.13. The van der Waals surface area contributed by atoms with Gasteiger partial charge in [-0.2, -0.15) is 0 Å². The van der Waals surface area contributed by atoms with Gasteiger partial charge in [-0.15, -0.1) is 0 Å². The lowest BCUT2D eigenvalue weighted by Gasteiger charge is -2.20. The van der Waals surface area contributed by atoms with Gasteiger partial charge in [-0.05, 0) is 42.9 Å². The Hall–Kier alpha value is -1.88. The van der Waals surface area contributed by atoms with Gasteiger partial charge in [0, 0.05) is 6.42 Å². The molecule has 1 aromatic carbocycles. The molecule has 5 nitrogen and oxygen atoms in total. The fraction of sp³-hybridized carbons (Fsp3) is 0.556. The molecule has 1 rings (SSSR count). The fourth-order valence-electron chi connectivity index (χ4n) is 2.32. The van der Waals surface area contributed by atoms with Crippen LogP contribution >= 0.6 is 0 Å². The number of hydrogen-bond acceptors (Lipinski definition) is 4. The van der Waals surface area contributed by atoms with Crippen LogP contribution in [0.25, 0.3) is 0 Å². The Morgan fingerprint density at radius 1 is 1.22 bits per heavy atom. The minimum atomic E-state index is -1.12. The van der Waals surface area contributed by atoms with Crippen molar-refractivity contribution < 1.29 is 19.4 Å². The Balaban J connectivity index is 2.82. The molecule has 5 heteroatoms. The van der Waals surface area contributed by atoms with Gasteiger partial charge in [-0.1, -0.05) is 32.0 Å². The van der Waals surface area contributed by atoms with Gasteiger partial charge in [0.2, 0.25) is 5.91 Å². The van der Waals surface area contributed by atoms with Gasteiger partial charge in [-0.25, -0.2) is 4.79 Å². The number of carbonyl (C=O) groups is 2. The molecule has 0 aliphatic carbocycles. The van der Waals surface area contributed by atoms with Crippen LogP contribution in [-0.2, 0) is 20.7 Å². The van der Waals surface area contributed by atoms with E-state index in [9.17, 15) is 14.7 Å². The van der Waals surface area contributed by atoms with Gasteiger partial charge in [-0.3, -0.25) is 4.79 Å². The molecule has 23 heavy (non-hydrogen) atoms. The number of esters is 1. The lowest BCUT2D eigenvalue weighted by atomic mass is 10.00. The van der Waals surface area contributed by atoms with Crippen LogP contribution in [0.5, 0.6) is 0 Å². The summed E-state index contributed by atoms with van der Waals surface area (Å²) in [6.07, 6.45) is -0.445. The SMILES string of the molecule is COC(=O)[C@H](Cc1ccc(C)c(C)c1)NC(=O)[C@H](O)CC(C)C. The summed E-state index contributed by atoms with van der Waals surface area (Å²) in [6, 6.07) is 5.09. The summed E-state index contributed by atoms with van der Waals surface area (Å²) in [5.74, 6) is -0.877. The zero-order valence-corrected chi connectivity index (χ0v) is 14.6. The van der Waals surface area contributed by atoms with Gasteiger partial charge in [0.1, 0.15) is 12.1 Å². The van der Waals surface area contributed by atoms with Crippen molar-refractivity contribution in [3.05, 3.63) is 34.9 Å². The number of aliphatic hydroxyl groups is 1. The first-order valence-electron chi connectivity index (χ1n) is 7.87. The lowest BCUT2D eigenvalue weighted by Crippen LogP contribution is -2.47. The van der Waals surface area contributed by atoms with Crippen molar-refractivity contribution in [1.82, 2.24) is 5.32 Å². The third-order valence-corrected chi connectivity index (χ3v) is 3.81. The van der Waals surface area contributed by atoms with Gasteiger partial charge in [0.15, 0.2) is 0 Å². The number of aliphatic hydroxyl groups excluding tert-OH is 1. The second-order valence-electron chi connectivity index (χ2n) is 6.35. The highest BCUT2D eigenvalue weighted by atomic mass is 16.5. The predicted octanol–water partition coefficient (Wildman–Crippen LogP) is 1.91. The first-order chi connectivity index (χ1) is 10.7. The highest BCUT2D eigenvalue weighted by Gasteiger charge is 2.25. The van der Waals surface area contributed by atoms with Crippen molar-refractivity contribution in [3.8, 4) is 0 Å². The first kappa shape index (κ1) is 19.2. The smallest absolute Gasteiger partial charge is 0.328 e. The normalized spacial score (nSPS) is 13.5. The topological polar surface area (TPSA) is 75.6 Å². The molecule has 128 valence electrons. The molecule has 0 aliphatic rings. The summed E-state index contributed by atoms with van der Waals surface area (Å²) in [5.41, 5.74) is 3.22. The van der Waals surface area contributed by atoms with Crippen LogP contribution in [0.2, 0.25) is 0 Å². The average molecular weight is 321 g/mol. The molecule has 0 bridgehead atoms. The third kappa shape index (κ3) is 6.02. The molecule has 0 radical (unpaired) electrons. The zero-order chi connectivity index (χ0) is 17.6. The van der Waals surface area contributed by atoms with Crippen molar-refractivity contribution in [2.24, 2.45) is 5.92 Å². The quantitative estimate of drug-likeness (QED) is 0.752. The van der Waals surface area contributed by atoms with E-state index in [1.54, 1.807) is 0 Å². The maximum Gasteiger partial charge on any atom is 0.328 e. The van der Waals surface area contributed by atoms with Crippen molar-refractivity contribution in [3.63, 3.8) is 0 Å². The molecule has 0 aromatic heterocycles. The van der Waals surface area contributed by atoms with Gasteiger partial charge >= 0.3 is 5.97 Å². The fourth-order valence-corrected chi connectivity index (χ4v) is 2.32. The second kappa shape index (κ2) is 8.67. The van der Waals surface area contributed by atoms with Crippen LogP contribution in [-0.4, -0.2) is 36.2 Å². The van der Waals surface area contributed by atoms with Crippen molar-refractivity contribution >= 4 is 11.9 Å². The summed E-state index contributed by atoms with van der Waals surface area (Å²) >= 11 is 0. The predicted molar refractivity (Wildman–Crippen MR) is 89.0 cm³/mol. The molecule has 0 saturated heterocycles. The molecule has 2 N–H and O–H groups in total. The minimum absolute atomic E-state index is 0.187. The molecule has 0 saturated carbocycles. The van der Waals surface area contributed by atoms with Gasteiger partial charge in [0.05, 0.1) is 7.11 Å². The number of aryl methyl sites for hydroxylation is 2.